The molecular weight excluding hydrogens is 474 g/mol. The maximum Gasteiger partial charge on any atom is 0.418 e. The average Bonchev–Trinajstić information content (AvgIpc) is 3.14. The summed E-state index contributed by atoms with van der Waals surface area (Å²) in [5, 5.41) is 25.5. The van der Waals surface area contributed by atoms with Gasteiger partial charge in [0.1, 0.15) is 11.6 Å². The number of carbonyl (C=O) groups is 1. The maximum absolute atomic E-state index is 14.1. The zero-order chi connectivity index (χ0) is 25.3. The second-order valence-corrected chi connectivity index (χ2v) is 8.32. The van der Waals surface area contributed by atoms with Crippen LogP contribution in [0.15, 0.2) is 30.3 Å². The van der Waals surface area contributed by atoms with Gasteiger partial charge in [0.05, 0.1) is 38.2 Å². The molecular formula is C23H25F4N3O5. The fourth-order valence-corrected chi connectivity index (χ4v) is 4.41. The topological polar surface area (TPSA) is 103 Å². The Morgan fingerprint density at radius 1 is 1.26 bits per heavy atom. The zero-order valence-corrected chi connectivity index (χ0v) is 18.7. The lowest BCUT2D eigenvalue weighted by Gasteiger charge is -2.31. The molecule has 1 saturated heterocycles. The van der Waals surface area contributed by atoms with E-state index in [0.29, 0.717) is 37.6 Å². The Morgan fingerprint density at radius 3 is 2.60 bits per heavy atom. The fraction of sp³-hybridized carbons (Fsp3) is 0.435. The van der Waals surface area contributed by atoms with Crippen LogP contribution < -0.4 is 20.3 Å². The number of fused-ring (bicyclic) bond motifs is 1. The highest BCUT2D eigenvalue weighted by Crippen LogP contribution is 2.43. The standard InChI is InChI=1S/C23H25F4N3O5/c1-34-20-15(21(32)23(25,26)27)9-12(30-5-7-35-8-6-30)10-18(20)29-22(33)28-17-11-14-13(19(17)31)3-2-4-16(14)24/h2-4,9-10,17,19,21,31-32H,5-8,11H2,1H3,(H2,28,29,33)/t17-,19+,21+/m1/s1. The summed E-state index contributed by atoms with van der Waals surface area (Å²) in [6.07, 6.45) is -8.94. The molecule has 0 saturated carbocycles. The summed E-state index contributed by atoms with van der Waals surface area (Å²) in [6.45, 7) is 1.53. The first kappa shape index (κ1) is 25.0. The number of urea groups is 1. The number of alkyl halides is 3. The van der Waals surface area contributed by atoms with Crippen molar-refractivity contribution in [3.63, 3.8) is 0 Å². The SMILES string of the molecule is COc1c(NC(=O)N[C@@H]2Cc3c(F)cccc3[C@@H]2O)cc(N2CCOCC2)cc1[C@H](O)C(F)(F)F. The van der Waals surface area contributed by atoms with Crippen LogP contribution in [-0.2, 0) is 11.2 Å². The number of amides is 2. The van der Waals surface area contributed by atoms with Gasteiger partial charge in [0.15, 0.2) is 6.10 Å². The molecule has 0 spiro atoms. The van der Waals surface area contributed by atoms with Gasteiger partial charge in [-0.2, -0.15) is 13.2 Å². The summed E-state index contributed by atoms with van der Waals surface area (Å²) in [6, 6.07) is 5.19. The van der Waals surface area contributed by atoms with Crippen LogP contribution in [0.25, 0.3) is 0 Å². The van der Waals surface area contributed by atoms with E-state index in [0.717, 1.165) is 7.11 Å². The van der Waals surface area contributed by atoms with Crippen LogP contribution in [0.1, 0.15) is 28.9 Å². The number of hydrogen-bond donors (Lipinski definition) is 4. The fourth-order valence-electron chi connectivity index (χ4n) is 4.41. The van der Waals surface area contributed by atoms with Gasteiger partial charge in [-0.15, -0.1) is 0 Å². The molecule has 190 valence electrons. The lowest BCUT2D eigenvalue weighted by atomic mass is 10.0. The number of halogens is 4. The van der Waals surface area contributed by atoms with Gasteiger partial charge >= 0.3 is 12.2 Å². The Labute approximate surface area is 198 Å². The van der Waals surface area contributed by atoms with E-state index in [9.17, 15) is 32.6 Å². The largest absolute Gasteiger partial charge is 0.494 e. The number of hydrogen-bond acceptors (Lipinski definition) is 6. The van der Waals surface area contributed by atoms with E-state index in [1.165, 1.54) is 24.3 Å². The van der Waals surface area contributed by atoms with Crippen LogP contribution in [0.2, 0.25) is 0 Å². The summed E-state index contributed by atoms with van der Waals surface area (Å²) in [7, 11) is 1.12. The predicted octanol–water partition coefficient (Wildman–Crippen LogP) is 3.05. The normalized spacial score (nSPS) is 20.8. The van der Waals surface area contributed by atoms with Crippen molar-refractivity contribution in [1.29, 1.82) is 0 Å². The number of aliphatic hydroxyl groups excluding tert-OH is 2. The van der Waals surface area contributed by atoms with Crippen molar-refractivity contribution in [3.8, 4) is 5.75 Å². The Balaban J connectivity index is 1.61. The van der Waals surface area contributed by atoms with Crippen molar-refractivity contribution < 1.29 is 42.0 Å². The molecule has 1 heterocycles. The van der Waals surface area contributed by atoms with Gasteiger partial charge in [0.2, 0.25) is 0 Å². The molecule has 35 heavy (non-hydrogen) atoms. The van der Waals surface area contributed by atoms with Gasteiger partial charge in [-0.25, -0.2) is 9.18 Å². The van der Waals surface area contributed by atoms with Crippen LogP contribution in [0, 0.1) is 5.82 Å². The first-order valence-electron chi connectivity index (χ1n) is 10.9. The van der Waals surface area contributed by atoms with Gasteiger partial charge < -0.3 is 35.2 Å². The van der Waals surface area contributed by atoms with Crippen molar-refractivity contribution in [2.24, 2.45) is 0 Å². The number of methoxy groups -OCH3 is 1. The van der Waals surface area contributed by atoms with E-state index in [2.05, 4.69) is 10.6 Å². The Hall–Kier alpha value is -3.09. The Morgan fingerprint density at radius 2 is 1.97 bits per heavy atom. The first-order valence-corrected chi connectivity index (χ1v) is 10.9. The summed E-state index contributed by atoms with van der Waals surface area (Å²) in [4.78, 5) is 14.5. The smallest absolute Gasteiger partial charge is 0.418 e. The highest BCUT2D eigenvalue weighted by atomic mass is 19.4. The summed E-state index contributed by atoms with van der Waals surface area (Å²) in [5.74, 6) is -0.861. The summed E-state index contributed by atoms with van der Waals surface area (Å²) < 4.78 is 64.7. The molecule has 3 atom stereocenters. The Kier molecular flexibility index (Phi) is 7.06. The van der Waals surface area contributed by atoms with E-state index in [-0.39, 0.29) is 23.4 Å². The van der Waals surface area contributed by atoms with Crippen molar-refractivity contribution in [3.05, 3.63) is 52.8 Å². The molecule has 8 nitrogen and oxygen atoms in total. The van der Waals surface area contributed by atoms with Crippen LogP contribution in [0.5, 0.6) is 5.75 Å². The van der Waals surface area contributed by atoms with Gasteiger partial charge in [0.25, 0.3) is 0 Å². The quantitative estimate of drug-likeness (QED) is 0.472. The number of ether oxygens (including phenoxy) is 2. The van der Waals surface area contributed by atoms with Crippen LogP contribution in [0.4, 0.5) is 33.7 Å². The lowest BCUT2D eigenvalue weighted by molar-refractivity contribution is -0.207. The number of benzene rings is 2. The summed E-state index contributed by atoms with van der Waals surface area (Å²) >= 11 is 0. The molecule has 12 heteroatoms. The van der Waals surface area contributed by atoms with Crippen molar-refractivity contribution >= 4 is 17.4 Å². The molecule has 2 aromatic carbocycles. The maximum atomic E-state index is 14.1. The second-order valence-electron chi connectivity index (χ2n) is 8.32. The van der Waals surface area contributed by atoms with Gasteiger partial charge in [-0.05, 0) is 35.7 Å². The molecule has 0 radical (unpaired) electrons. The third kappa shape index (κ3) is 5.14. The minimum Gasteiger partial charge on any atom is -0.494 e. The monoisotopic (exact) mass is 499 g/mol. The average molecular weight is 499 g/mol. The number of anilines is 2. The van der Waals surface area contributed by atoms with E-state index >= 15 is 0 Å². The van der Waals surface area contributed by atoms with Gasteiger partial charge in [-0.3, -0.25) is 0 Å². The number of carbonyl (C=O) groups excluding carboxylic acids is 1. The second kappa shape index (κ2) is 9.88. The number of morpholine rings is 1. The highest BCUT2D eigenvalue weighted by Gasteiger charge is 2.42. The molecule has 2 aliphatic rings. The molecule has 2 aromatic rings. The minimum absolute atomic E-state index is 0.0413. The van der Waals surface area contributed by atoms with Crippen molar-refractivity contribution in [2.75, 3.05) is 43.6 Å². The molecule has 2 amide bonds. The van der Waals surface area contributed by atoms with E-state index in [1.54, 1.807) is 11.0 Å². The number of rotatable bonds is 5. The zero-order valence-electron chi connectivity index (χ0n) is 18.7. The molecule has 1 aliphatic heterocycles. The number of nitrogens with zero attached hydrogens (tertiary/aromatic N) is 1. The first-order chi connectivity index (χ1) is 16.6. The third-order valence-electron chi connectivity index (χ3n) is 6.13. The summed E-state index contributed by atoms with van der Waals surface area (Å²) in [5.41, 5.74) is 0.307. The van der Waals surface area contributed by atoms with Crippen molar-refractivity contribution in [1.82, 2.24) is 5.32 Å². The minimum atomic E-state index is -4.97. The van der Waals surface area contributed by atoms with Crippen molar-refractivity contribution in [2.45, 2.75) is 30.8 Å². The molecule has 0 aromatic heterocycles. The Bertz CT molecular complexity index is 1090. The van der Waals surface area contributed by atoms with Gasteiger partial charge in [0, 0.05) is 24.3 Å². The lowest BCUT2D eigenvalue weighted by Crippen LogP contribution is -2.40. The molecule has 4 rings (SSSR count). The van der Waals surface area contributed by atoms with Crippen LogP contribution >= 0.6 is 0 Å². The highest BCUT2D eigenvalue weighted by molar-refractivity contribution is 5.92. The van der Waals surface area contributed by atoms with Crippen LogP contribution in [-0.4, -0.2) is 61.9 Å². The van der Waals surface area contributed by atoms with E-state index in [4.69, 9.17) is 9.47 Å². The molecule has 1 fully saturated rings. The molecule has 0 bridgehead atoms. The van der Waals surface area contributed by atoms with E-state index < -0.39 is 41.8 Å². The molecule has 1 aliphatic carbocycles. The predicted molar refractivity (Wildman–Crippen MR) is 118 cm³/mol. The number of nitrogens with one attached hydrogen (secondary N) is 2. The molecule has 4 N–H and O–H groups in total. The van der Waals surface area contributed by atoms with Gasteiger partial charge in [-0.1, -0.05) is 12.1 Å². The van der Waals surface area contributed by atoms with Crippen LogP contribution in [0.3, 0.4) is 0 Å². The van der Waals surface area contributed by atoms with E-state index in [1.807, 2.05) is 0 Å². The third-order valence-corrected chi connectivity index (χ3v) is 6.13. The number of aliphatic hydroxyl groups is 2. The molecule has 0 unspecified atom stereocenters.